The van der Waals surface area contributed by atoms with Crippen LogP contribution in [0, 0.1) is 5.92 Å². The number of benzene rings is 1. The third kappa shape index (κ3) is 3.15. The van der Waals surface area contributed by atoms with Gasteiger partial charge in [0.05, 0.1) is 16.2 Å². The molecule has 0 spiro atoms. The van der Waals surface area contributed by atoms with Gasteiger partial charge in [0.1, 0.15) is 11.3 Å². The Morgan fingerprint density at radius 3 is 2.58 bits per heavy atom. The highest BCUT2D eigenvalue weighted by Crippen LogP contribution is 2.35. The molecule has 0 amide bonds. The Morgan fingerprint density at radius 2 is 1.92 bits per heavy atom. The fraction of sp³-hybridized carbons (Fsp3) is 0.368. The third-order valence-corrected chi connectivity index (χ3v) is 5.28. The number of aromatic amines is 1. The zero-order valence-electron chi connectivity index (χ0n) is 14.1. The molecule has 0 bridgehead atoms. The Balaban J connectivity index is 2.14. The van der Waals surface area contributed by atoms with Crippen molar-refractivity contribution >= 4 is 34.2 Å². The van der Waals surface area contributed by atoms with Crippen molar-refractivity contribution in [1.29, 1.82) is 0 Å². The summed E-state index contributed by atoms with van der Waals surface area (Å²) in [6.07, 6.45) is 3.97. The summed E-state index contributed by atoms with van der Waals surface area (Å²) in [5.74, 6) is 2.02. The molecule has 0 saturated carbocycles. The van der Waals surface area contributed by atoms with Crippen LogP contribution >= 0.6 is 23.2 Å². The molecule has 0 aliphatic rings. The van der Waals surface area contributed by atoms with Crippen LogP contribution in [0.4, 0.5) is 0 Å². The maximum atomic E-state index is 6.37. The van der Waals surface area contributed by atoms with E-state index in [1.807, 2.05) is 18.2 Å². The van der Waals surface area contributed by atoms with Gasteiger partial charge in [-0.3, -0.25) is 4.98 Å². The molecule has 3 aromatic rings. The van der Waals surface area contributed by atoms with Gasteiger partial charge in [-0.25, -0.2) is 4.98 Å². The Hall–Kier alpha value is -1.58. The van der Waals surface area contributed by atoms with Crippen LogP contribution in [0.2, 0.25) is 10.0 Å². The molecule has 3 rings (SSSR count). The maximum absolute atomic E-state index is 6.37. The predicted octanol–water partition coefficient (Wildman–Crippen LogP) is 6.47. The van der Waals surface area contributed by atoms with Gasteiger partial charge in [0.2, 0.25) is 0 Å². The van der Waals surface area contributed by atoms with E-state index in [0.29, 0.717) is 21.9 Å². The van der Waals surface area contributed by atoms with Crippen molar-refractivity contribution < 1.29 is 0 Å². The normalized spacial score (nSPS) is 14.0. The smallest absolute Gasteiger partial charge is 0.115 e. The first-order valence-electron chi connectivity index (χ1n) is 8.35. The lowest BCUT2D eigenvalue weighted by Crippen LogP contribution is -2.09. The highest BCUT2D eigenvalue weighted by atomic mass is 35.5. The zero-order valence-corrected chi connectivity index (χ0v) is 15.6. The second-order valence-corrected chi connectivity index (χ2v) is 7.05. The van der Waals surface area contributed by atoms with Crippen LogP contribution in [0.15, 0.2) is 30.5 Å². The summed E-state index contributed by atoms with van der Waals surface area (Å²) >= 11 is 12.4. The molecular weight excluding hydrogens is 341 g/mol. The fourth-order valence-electron chi connectivity index (χ4n) is 3.16. The standard InChI is InChI=1S/C19H21Cl2N3/c1-4-11(3)13(5-2)19-23-16-8-9-22-17(18(16)24-19)14-7-6-12(20)10-15(14)21/h6-11,13H,4-5H2,1-3H3,(H,23,24). The van der Waals surface area contributed by atoms with Gasteiger partial charge in [0.15, 0.2) is 0 Å². The van der Waals surface area contributed by atoms with Gasteiger partial charge in [0.25, 0.3) is 0 Å². The average molecular weight is 362 g/mol. The number of H-pyrrole nitrogens is 1. The fourth-order valence-corrected chi connectivity index (χ4v) is 3.66. The van der Waals surface area contributed by atoms with Crippen LogP contribution < -0.4 is 0 Å². The average Bonchev–Trinajstić information content (AvgIpc) is 2.99. The van der Waals surface area contributed by atoms with Crippen LogP contribution in [0.1, 0.15) is 45.4 Å². The number of imidazole rings is 1. The molecule has 0 saturated heterocycles. The van der Waals surface area contributed by atoms with E-state index in [1.54, 1.807) is 12.3 Å². The largest absolute Gasteiger partial charge is 0.342 e. The number of rotatable bonds is 5. The van der Waals surface area contributed by atoms with Crippen LogP contribution in [0.3, 0.4) is 0 Å². The molecule has 1 aromatic carbocycles. The van der Waals surface area contributed by atoms with Gasteiger partial charge in [-0.1, -0.05) is 50.4 Å². The number of aromatic nitrogens is 3. The van der Waals surface area contributed by atoms with Gasteiger partial charge in [-0.15, -0.1) is 0 Å². The lowest BCUT2D eigenvalue weighted by Gasteiger charge is -2.18. The minimum atomic E-state index is 0.413. The second kappa shape index (κ2) is 7.12. The summed E-state index contributed by atoms with van der Waals surface area (Å²) in [6, 6.07) is 7.42. The molecule has 2 unspecified atom stereocenters. The van der Waals surface area contributed by atoms with Crippen molar-refractivity contribution in [3.63, 3.8) is 0 Å². The molecule has 5 heteroatoms. The molecule has 2 aromatic heterocycles. The number of halogens is 2. The number of hydrogen-bond acceptors (Lipinski definition) is 2. The van der Waals surface area contributed by atoms with Crippen molar-refractivity contribution in [3.8, 4) is 11.3 Å². The molecule has 0 fully saturated rings. The Labute approximate surface area is 152 Å². The monoisotopic (exact) mass is 361 g/mol. The van der Waals surface area contributed by atoms with Gasteiger partial charge in [-0.05, 0) is 36.6 Å². The minimum Gasteiger partial charge on any atom is -0.342 e. The summed E-state index contributed by atoms with van der Waals surface area (Å²) in [7, 11) is 0. The van der Waals surface area contributed by atoms with Crippen LogP contribution in [-0.2, 0) is 0 Å². The SMILES string of the molecule is CCC(C)C(CC)c1nc2c(-c3ccc(Cl)cc3Cl)nccc2[nH]1. The first kappa shape index (κ1) is 17.2. The summed E-state index contributed by atoms with van der Waals surface area (Å²) in [6.45, 7) is 6.70. The first-order valence-corrected chi connectivity index (χ1v) is 9.10. The topological polar surface area (TPSA) is 41.6 Å². The summed E-state index contributed by atoms with van der Waals surface area (Å²) in [4.78, 5) is 12.9. The maximum Gasteiger partial charge on any atom is 0.115 e. The zero-order chi connectivity index (χ0) is 17.3. The molecule has 2 atom stereocenters. The van der Waals surface area contributed by atoms with Gasteiger partial charge < -0.3 is 4.98 Å². The van der Waals surface area contributed by atoms with E-state index in [1.165, 1.54) is 0 Å². The van der Waals surface area contributed by atoms with E-state index in [-0.39, 0.29) is 0 Å². The third-order valence-electron chi connectivity index (χ3n) is 4.73. The van der Waals surface area contributed by atoms with E-state index in [2.05, 4.69) is 30.7 Å². The number of hydrogen-bond donors (Lipinski definition) is 1. The minimum absolute atomic E-state index is 0.413. The highest BCUT2D eigenvalue weighted by molar-refractivity contribution is 6.36. The van der Waals surface area contributed by atoms with Crippen molar-refractivity contribution in [3.05, 3.63) is 46.3 Å². The molecule has 0 aliphatic carbocycles. The van der Waals surface area contributed by atoms with E-state index in [9.17, 15) is 0 Å². The predicted molar refractivity (Wildman–Crippen MR) is 102 cm³/mol. The molecule has 1 N–H and O–H groups in total. The molecule has 0 radical (unpaired) electrons. The van der Waals surface area contributed by atoms with Crippen LogP contribution in [0.25, 0.3) is 22.3 Å². The van der Waals surface area contributed by atoms with E-state index in [4.69, 9.17) is 28.2 Å². The summed E-state index contributed by atoms with van der Waals surface area (Å²) in [5.41, 5.74) is 3.48. The molecule has 0 aliphatic heterocycles. The Morgan fingerprint density at radius 1 is 1.12 bits per heavy atom. The molecule has 3 nitrogen and oxygen atoms in total. The van der Waals surface area contributed by atoms with Crippen molar-refractivity contribution in [2.45, 2.75) is 39.5 Å². The lowest BCUT2D eigenvalue weighted by molar-refractivity contribution is 0.421. The highest BCUT2D eigenvalue weighted by Gasteiger charge is 2.21. The van der Waals surface area contributed by atoms with E-state index in [0.717, 1.165) is 41.0 Å². The number of nitrogens with zero attached hydrogens (tertiary/aromatic N) is 2. The quantitative estimate of drug-likeness (QED) is 0.565. The molecule has 126 valence electrons. The van der Waals surface area contributed by atoms with Crippen molar-refractivity contribution in [2.24, 2.45) is 5.92 Å². The number of nitrogens with one attached hydrogen (secondary N) is 1. The number of pyridine rings is 1. The van der Waals surface area contributed by atoms with Gasteiger partial charge >= 0.3 is 0 Å². The van der Waals surface area contributed by atoms with Gasteiger partial charge in [0, 0.05) is 22.7 Å². The number of fused-ring (bicyclic) bond motifs is 1. The van der Waals surface area contributed by atoms with Crippen LogP contribution in [-0.4, -0.2) is 15.0 Å². The van der Waals surface area contributed by atoms with E-state index >= 15 is 0 Å². The second-order valence-electron chi connectivity index (χ2n) is 6.20. The molecule has 24 heavy (non-hydrogen) atoms. The van der Waals surface area contributed by atoms with E-state index < -0.39 is 0 Å². The Bertz CT molecular complexity index is 857. The molecular formula is C19H21Cl2N3. The first-order chi connectivity index (χ1) is 11.5. The summed E-state index contributed by atoms with van der Waals surface area (Å²) in [5, 5.41) is 1.20. The molecule has 2 heterocycles. The summed E-state index contributed by atoms with van der Waals surface area (Å²) < 4.78 is 0. The van der Waals surface area contributed by atoms with Crippen molar-refractivity contribution in [2.75, 3.05) is 0 Å². The van der Waals surface area contributed by atoms with Gasteiger partial charge in [-0.2, -0.15) is 0 Å². The van der Waals surface area contributed by atoms with Crippen LogP contribution in [0.5, 0.6) is 0 Å². The Kier molecular flexibility index (Phi) is 5.12. The van der Waals surface area contributed by atoms with Crippen molar-refractivity contribution in [1.82, 2.24) is 15.0 Å². The lowest BCUT2D eigenvalue weighted by atomic mass is 9.89.